The Morgan fingerprint density at radius 3 is 2.78 bits per heavy atom. The summed E-state index contributed by atoms with van der Waals surface area (Å²) in [5, 5.41) is 7.16. The molecule has 3 rings (SSSR count). The van der Waals surface area contributed by atoms with E-state index in [1.807, 2.05) is 43.0 Å². The second kappa shape index (κ2) is 7.75. The molecule has 1 aliphatic rings. The number of thiophene rings is 1. The van der Waals surface area contributed by atoms with Crippen LogP contribution in [0.15, 0.2) is 41.1 Å². The van der Waals surface area contributed by atoms with Crippen LogP contribution in [0.1, 0.15) is 12.5 Å². The van der Waals surface area contributed by atoms with Crippen LogP contribution >= 0.6 is 23.1 Å². The molecule has 0 unspecified atom stereocenters. The van der Waals surface area contributed by atoms with Gasteiger partial charge >= 0.3 is 0 Å². The van der Waals surface area contributed by atoms with Crippen molar-refractivity contribution in [3.8, 4) is 11.5 Å². The van der Waals surface area contributed by atoms with E-state index >= 15 is 0 Å². The maximum absolute atomic E-state index is 12.3. The minimum absolute atomic E-state index is 0.122. The highest BCUT2D eigenvalue weighted by molar-refractivity contribution is 7.98. The summed E-state index contributed by atoms with van der Waals surface area (Å²) in [6, 6.07) is 9.55. The summed E-state index contributed by atoms with van der Waals surface area (Å²) >= 11 is 3.52. The molecule has 1 amide bonds. The van der Waals surface area contributed by atoms with Crippen LogP contribution < -0.4 is 14.8 Å². The minimum atomic E-state index is -0.605. The van der Waals surface area contributed by atoms with Gasteiger partial charge in [0.25, 0.3) is 5.91 Å². The summed E-state index contributed by atoms with van der Waals surface area (Å²) in [5.74, 6) is 3.04. The van der Waals surface area contributed by atoms with E-state index in [2.05, 4.69) is 22.1 Å². The van der Waals surface area contributed by atoms with Crippen LogP contribution in [0, 0.1) is 0 Å². The Morgan fingerprint density at radius 1 is 1.26 bits per heavy atom. The van der Waals surface area contributed by atoms with Crippen LogP contribution in [0.5, 0.6) is 11.5 Å². The third-order valence-corrected chi connectivity index (χ3v) is 5.26. The van der Waals surface area contributed by atoms with Gasteiger partial charge in [0.05, 0.1) is 0 Å². The molecule has 0 aliphatic carbocycles. The Bertz CT molecular complexity index is 645. The fourth-order valence-corrected chi connectivity index (χ4v) is 3.90. The van der Waals surface area contributed by atoms with Gasteiger partial charge in [-0.2, -0.15) is 23.1 Å². The van der Waals surface area contributed by atoms with Crippen molar-refractivity contribution in [3.63, 3.8) is 0 Å². The summed E-state index contributed by atoms with van der Waals surface area (Å²) < 4.78 is 11.5. The molecule has 122 valence electrons. The number of benzene rings is 1. The van der Waals surface area contributed by atoms with E-state index in [0.717, 1.165) is 11.5 Å². The van der Waals surface area contributed by atoms with Crippen LogP contribution in [0.4, 0.5) is 0 Å². The van der Waals surface area contributed by atoms with Crippen molar-refractivity contribution in [1.29, 1.82) is 0 Å². The molecule has 23 heavy (non-hydrogen) atoms. The molecule has 0 bridgehead atoms. The summed E-state index contributed by atoms with van der Waals surface area (Å²) in [4.78, 5) is 12.3. The molecule has 0 spiro atoms. The first-order chi connectivity index (χ1) is 11.2. The first kappa shape index (κ1) is 16.2. The number of thioether (sulfide) groups is 1. The molecule has 2 aromatic rings. The normalized spacial score (nSPS) is 19.3. The van der Waals surface area contributed by atoms with Crippen molar-refractivity contribution in [2.45, 2.75) is 24.9 Å². The number of rotatable bonds is 6. The molecule has 2 atom stereocenters. The van der Waals surface area contributed by atoms with Crippen molar-refractivity contribution in [2.75, 3.05) is 12.3 Å². The van der Waals surface area contributed by atoms with Crippen molar-refractivity contribution >= 4 is 29.0 Å². The summed E-state index contributed by atoms with van der Waals surface area (Å²) in [6.45, 7) is 2.48. The Morgan fingerprint density at radius 2 is 2.04 bits per heavy atom. The van der Waals surface area contributed by atoms with E-state index in [0.29, 0.717) is 18.0 Å². The first-order valence-electron chi connectivity index (χ1n) is 7.53. The van der Waals surface area contributed by atoms with Crippen LogP contribution in [-0.2, 0) is 10.5 Å². The van der Waals surface area contributed by atoms with Gasteiger partial charge in [-0.15, -0.1) is 0 Å². The Balaban J connectivity index is 1.43. The molecule has 0 fully saturated rings. The number of nitrogens with one attached hydrogen (secondary N) is 1. The third-order valence-electron chi connectivity index (χ3n) is 3.50. The third kappa shape index (κ3) is 4.20. The van der Waals surface area contributed by atoms with Crippen molar-refractivity contribution in [2.24, 2.45) is 0 Å². The topological polar surface area (TPSA) is 47.6 Å². The number of hydrogen-bond donors (Lipinski definition) is 1. The number of carbonyl (C=O) groups is 1. The Labute approximate surface area is 144 Å². The molecule has 1 aromatic carbocycles. The van der Waals surface area contributed by atoms with Gasteiger partial charge in [0.2, 0.25) is 6.10 Å². The van der Waals surface area contributed by atoms with E-state index in [4.69, 9.17) is 9.47 Å². The monoisotopic (exact) mass is 349 g/mol. The second-order valence-corrected chi connectivity index (χ2v) is 7.17. The zero-order valence-corrected chi connectivity index (χ0v) is 14.5. The highest BCUT2D eigenvalue weighted by atomic mass is 32.2. The Hall–Kier alpha value is -1.66. The average Bonchev–Trinajstić information content (AvgIpc) is 3.07. The standard InChI is InChI=1S/C17H19NO3S2/c1-12-16(21-15-5-3-2-4-14(15)20-12)17(19)18-7-9-23-11-13-6-8-22-10-13/h2-6,8,10,12,16H,7,9,11H2,1H3,(H,18,19)/t12-,16+/m0/s1. The lowest BCUT2D eigenvalue weighted by atomic mass is 10.1. The molecule has 0 radical (unpaired) electrons. The SMILES string of the molecule is C[C@@H]1Oc2ccccc2O[C@H]1C(=O)NCCSCc1ccsc1. The highest BCUT2D eigenvalue weighted by Crippen LogP contribution is 2.33. The van der Waals surface area contributed by atoms with E-state index in [1.165, 1.54) is 5.56 Å². The van der Waals surface area contributed by atoms with Gasteiger partial charge in [-0.3, -0.25) is 4.79 Å². The molecule has 0 saturated heterocycles. The van der Waals surface area contributed by atoms with Crippen molar-refractivity contribution in [1.82, 2.24) is 5.32 Å². The van der Waals surface area contributed by atoms with E-state index < -0.39 is 6.10 Å². The molecule has 6 heteroatoms. The molecule has 1 N–H and O–H groups in total. The lowest BCUT2D eigenvalue weighted by molar-refractivity contribution is -0.133. The number of para-hydroxylation sites is 2. The summed E-state index contributed by atoms with van der Waals surface area (Å²) in [7, 11) is 0. The number of hydrogen-bond acceptors (Lipinski definition) is 5. The molecule has 0 saturated carbocycles. The Kier molecular flexibility index (Phi) is 5.46. The van der Waals surface area contributed by atoms with Crippen molar-refractivity contribution in [3.05, 3.63) is 46.7 Å². The number of carbonyl (C=O) groups excluding carboxylic acids is 1. The fraction of sp³-hybridized carbons (Fsp3) is 0.353. The van der Waals surface area contributed by atoms with Crippen molar-refractivity contribution < 1.29 is 14.3 Å². The molecular weight excluding hydrogens is 330 g/mol. The quantitative estimate of drug-likeness (QED) is 0.813. The number of amides is 1. The molecule has 4 nitrogen and oxygen atoms in total. The van der Waals surface area contributed by atoms with Gasteiger partial charge in [-0.05, 0) is 41.4 Å². The van der Waals surface area contributed by atoms with Crippen LogP contribution in [0.25, 0.3) is 0 Å². The zero-order chi connectivity index (χ0) is 16.1. The lowest BCUT2D eigenvalue weighted by Gasteiger charge is -2.31. The van der Waals surface area contributed by atoms with E-state index in [-0.39, 0.29) is 12.0 Å². The largest absolute Gasteiger partial charge is 0.482 e. The predicted octanol–water partition coefficient (Wildman–Crippen LogP) is 3.33. The predicted molar refractivity (Wildman–Crippen MR) is 94.4 cm³/mol. The lowest BCUT2D eigenvalue weighted by Crippen LogP contribution is -2.49. The van der Waals surface area contributed by atoms with Gasteiger partial charge in [-0.25, -0.2) is 0 Å². The zero-order valence-electron chi connectivity index (χ0n) is 12.9. The van der Waals surface area contributed by atoms with Crippen LogP contribution in [0.2, 0.25) is 0 Å². The maximum atomic E-state index is 12.3. The van der Waals surface area contributed by atoms with Gasteiger partial charge in [0, 0.05) is 18.1 Å². The van der Waals surface area contributed by atoms with E-state index in [1.54, 1.807) is 11.3 Å². The average molecular weight is 349 g/mol. The first-order valence-corrected chi connectivity index (χ1v) is 9.62. The number of fused-ring (bicyclic) bond motifs is 1. The van der Waals surface area contributed by atoms with E-state index in [9.17, 15) is 4.79 Å². The van der Waals surface area contributed by atoms with Gasteiger partial charge in [0.1, 0.15) is 6.10 Å². The minimum Gasteiger partial charge on any atom is -0.482 e. The highest BCUT2D eigenvalue weighted by Gasteiger charge is 2.33. The maximum Gasteiger partial charge on any atom is 0.265 e. The molecule has 1 aliphatic heterocycles. The van der Waals surface area contributed by atoms with Gasteiger partial charge in [-0.1, -0.05) is 12.1 Å². The molecule has 2 heterocycles. The van der Waals surface area contributed by atoms with Crippen LogP contribution in [-0.4, -0.2) is 30.4 Å². The summed E-state index contributed by atoms with van der Waals surface area (Å²) in [5.41, 5.74) is 1.33. The smallest absolute Gasteiger partial charge is 0.265 e. The fourth-order valence-electron chi connectivity index (χ4n) is 2.32. The molecule has 1 aromatic heterocycles. The second-order valence-electron chi connectivity index (χ2n) is 5.28. The van der Waals surface area contributed by atoms with Crippen LogP contribution in [0.3, 0.4) is 0 Å². The summed E-state index contributed by atoms with van der Waals surface area (Å²) in [6.07, 6.45) is -0.907. The molecular formula is C17H19NO3S2. The van der Waals surface area contributed by atoms with Gasteiger partial charge < -0.3 is 14.8 Å². The number of ether oxygens (including phenoxy) is 2. The van der Waals surface area contributed by atoms with Gasteiger partial charge in [0.15, 0.2) is 11.5 Å².